The number of thiophene rings is 1. The maximum Gasteiger partial charge on any atom is 0.259 e. The number of anilines is 1. The number of carbonyl (C=O) groups excluding carboxylic acids is 1. The highest BCUT2D eigenvalue weighted by atomic mass is 32.2. The van der Waals surface area contributed by atoms with Gasteiger partial charge in [0.05, 0.1) is 22.6 Å². The minimum atomic E-state index is -0.0978. The number of H-pyrrole nitrogens is 1. The molecule has 0 aliphatic heterocycles. The highest BCUT2D eigenvalue weighted by Gasteiger charge is 2.19. The lowest BCUT2D eigenvalue weighted by molar-refractivity contribution is -0.113. The van der Waals surface area contributed by atoms with Crippen molar-refractivity contribution in [3.63, 3.8) is 0 Å². The second-order valence-corrected chi connectivity index (χ2v) is 9.17. The number of thiazole rings is 1. The van der Waals surface area contributed by atoms with Crippen molar-refractivity contribution in [3.05, 3.63) is 37.7 Å². The number of nitrogens with zero attached hydrogens (tertiary/aromatic N) is 2. The lowest BCUT2D eigenvalue weighted by Crippen LogP contribution is -2.15. The van der Waals surface area contributed by atoms with E-state index in [0.717, 1.165) is 35.2 Å². The molecule has 0 spiro atoms. The monoisotopic (exact) mass is 406 g/mol. The lowest BCUT2D eigenvalue weighted by Gasteiger charge is -2.09. The number of nitrogens with one attached hydrogen (secondary N) is 2. The van der Waals surface area contributed by atoms with Gasteiger partial charge in [0.2, 0.25) is 5.91 Å². The Balaban J connectivity index is 1.41. The minimum Gasteiger partial charge on any atom is -0.309 e. The number of amides is 1. The summed E-state index contributed by atoms with van der Waals surface area (Å²) in [6.45, 7) is 1.89. The van der Waals surface area contributed by atoms with Crippen LogP contribution in [0, 0.1) is 6.92 Å². The molecule has 3 aromatic rings. The average Bonchev–Trinajstić information content (AvgIpc) is 3.17. The topological polar surface area (TPSA) is 87.7 Å². The van der Waals surface area contributed by atoms with Gasteiger partial charge in [-0.2, -0.15) is 0 Å². The summed E-state index contributed by atoms with van der Waals surface area (Å²) in [5.74, 6) is 1.32. The summed E-state index contributed by atoms with van der Waals surface area (Å²) in [5.41, 5.74) is 2.04. The van der Waals surface area contributed by atoms with Crippen LogP contribution >= 0.6 is 34.4 Å². The molecule has 0 radical (unpaired) electrons. The van der Waals surface area contributed by atoms with Crippen molar-refractivity contribution >= 4 is 55.7 Å². The molecule has 0 saturated heterocycles. The quantitative estimate of drug-likeness (QED) is 0.677. The van der Waals surface area contributed by atoms with E-state index in [4.69, 9.17) is 0 Å². The number of aromatic amines is 1. The Bertz CT molecular complexity index is 1020. The Kier molecular flexibility index (Phi) is 5.10. The van der Waals surface area contributed by atoms with E-state index >= 15 is 0 Å². The second kappa shape index (κ2) is 7.50. The molecule has 3 heterocycles. The largest absolute Gasteiger partial charge is 0.309 e. The van der Waals surface area contributed by atoms with Crippen LogP contribution in [-0.2, 0) is 23.4 Å². The predicted molar refractivity (Wildman–Crippen MR) is 109 cm³/mol. The molecule has 0 aromatic carbocycles. The van der Waals surface area contributed by atoms with Gasteiger partial charge in [-0.1, -0.05) is 0 Å². The van der Waals surface area contributed by atoms with Crippen molar-refractivity contribution in [2.45, 2.75) is 38.4 Å². The molecular formula is C17H18N4O2S3. The third-order valence-corrected chi connectivity index (χ3v) is 7.22. The van der Waals surface area contributed by atoms with E-state index in [0.29, 0.717) is 22.5 Å². The number of hydrogen-bond acceptors (Lipinski definition) is 7. The zero-order valence-electron chi connectivity index (χ0n) is 14.3. The average molecular weight is 407 g/mol. The summed E-state index contributed by atoms with van der Waals surface area (Å²) in [7, 11) is 0. The number of rotatable bonds is 5. The molecule has 0 unspecified atom stereocenters. The highest BCUT2D eigenvalue weighted by molar-refractivity contribution is 7.99. The molecule has 0 bridgehead atoms. The Morgan fingerprint density at radius 3 is 3.00 bits per heavy atom. The summed E-state index contributed by atoms with van der Waals surface area (Å²) >= 11 is 4.49. The zero-order chi connectivity index (χ0) is 18.1. The van der Waals surface area contributed by atoms with Crippen LogP contribution in [0.1, 0.15) is 34.8 Å². The minimum absolute atomic E-state index is 0.0484. The third kappa shape index (κ3) is 3.70. The summed E-state index contributed by atoms with van der Waals surface area (Å²) in [6, 6.07) is 0. The van der Waals surface area contributed by atoms with E-state index in [2.05, 4.69) is 20.3 Å². The molecule has 3 aromatic heterocycles. The van der Waals surface area contributed by atoms with Crippen LogP contribution in [0.2, 0.25) is 0 Å². The highest BCUT2D eigenvalue weighted by Crippen LogP contribution is 2.33. The number of aromatic nitrogens is 3. The third-order valence-electron chi connectivity index (χ3n) is 4.21. The molecule has 0 saturated carbocycles. The molecule has 1 amide bonds. The van der Waals surface area contributed by atoms with Crippen LogP contribution in [-0.4, -0.2) is 26.6 Å². The lowest BCUT2D eigenvalue weighted by atomic mass is 9.97. The van der Waals surface area contributed by atoms with E-state index in [1.54, 1.807) is 11.3 Å². The van der Waals surface area contributed by atoms with E-state index < -0.39 is 0 Å². The SMILES string of the molecule is Cc1csc(NC(=O)CSCc2nc3sc4c(c3c(=O)[nH]2)CCCC4)n1. The molecule has 1 aliphatic rings. The summed E-state index contributed by atoms with van der Waals surface area (Å²) in [5, 5.41) is 6.07. The number of fused-ring (bicyclic) bond motifs is 3. The van der Waals surface area contributed by atoms with E-state index in [-0.39, 0.29) is 11.5 Å². The van der Waals surface area contributed by atoms with Crippen molar-refractivity contribution in [2.75, 3.05) is 11.1 Å². The standard InChI is InChI=1S/C17H18N4O2S3/c1-9-6-25-17(18-9)21-13(22)8-24-7-12-19-15(23)14-10-4-2-3-5-11(10)26-16(14)20-12/h6H,2-5,7-8H2,1H3,(H,18,21,22)(H,19,20,23). The molecule has 6 nitrogen and oxygen atoms in total. The molecule has 4 rings (SSSR count). The normalized spacial score (nSPS) is 13.7. The number of aryl methyl sites for hydroxylation is 3. The zero-order valence-corrected chi connectivity index (χ0v) is 16.7. The van der Waals surface area contributed by atoms with Crippen molar-refractivity contribution < 1.29 is 4.79 Å². The van der Waals surface area contributed by atoms with Crippen molar-refractivity contribution in [2.24, 2.45) is 0 Å². The van der Waals surface area contributed by atoms with Crippen LogP contribution in [0.15, 0.2) is 10.2 Å². The number of hydrogen-bond donors (Lipinski definition) is 2. The van der Waals surface area contributed by atoms with Crippen LogP contribution in [0.4, 0.5) is 5.13 Å². The van der Waals surface area contributed by atoms with Gasteiger partial charge in [0.1, 0.15) is 10.7 Å². The van der Waals surface area contributed by atoms with Crippen LogP contribution < -0.4 is 10.9 Å². The van der Waals surface area contributed by atoms with E-state index in [1.807, 2.05) is 12.3 Å². The Labute approximate surface area is 162 Å². The maximum absolute atomic E-state index is 12.5. The van der Waals surface area contributed by atoms with Crippen LogP contribution in [0.25, 0.3) is 10.2 Å². The van der Waals surface area contributed by atoms with Crippen LogP contribution in [0.3, 0.4) is 0 Å². The Morgan fingerprint density at radius 2 is 2.19 bits per heavy atom. The first-order valence-corrected chi connectivity index (χ1v) is 11.3. The number of carbonyl (C=O) groups is 1. The molecule has 26 heavy (non-hydrogen) atoms. The van der Waals surface area contributed by atoms with Gasteiger partial charge in [-0.25, -0.2) is 9.97 Å². The van der Waals surface area contributed by atoms with Gasteiger partial charge < -0.3 is 10.3 Å². The predicted octanol–water partition coefficient (Wildman–Crippen LogP) is 3.50. The fourth-order valence-electron chi connectivity index (χ4n) is 3.08. The first-order valence-electron chi connectivity index (χ1n) is 8.43. The van der Waals surface area contributed by atoms with Gasteiger partial charge >= 0.3 is 0 Å². The van der Waals surface area contributed by atoms with Gasteiger partial charge in [0.15, 0.2) is 5.13 Å². The van der Waals surface area contributed by atoms with E-state index in [9.17, 15) is 9.59 Å². The van der Waals surface area contributed by atoms with Gasteiger partial charge in [-0.3, -0.25) is 9.59 Å². The summed E-state index contributed by atoms with van der Waals surface area (Å²) in [6.07, 6.45) is 4.36. The molecular weight excluding hydrogens is 388 g/mol. The molecule has 136 valence electrons. The molecule has 0 fully saturated rings. The first kappa shape index (κ1) is 17.7. The molecule has 9 heteroatoms. The summed E-state index contributed by atoms with van der Waals surface area (Å²) in [4.78, 5) is 38.3. The van der Waals surface area contributed by atoms with Crippen molar-refractivity contribution in [1.29, 1.82) is 0 Å². The van der Waals surface area contributed by atoms with Crippen molar-refractivity contribution in [3.8, 4) is 0 Å². The Morgan fingerprint density at radius 1 is 1.35 bits per heavy atom. The van der Waals surface area contributed by atoms with Gasteiger partial charge in [0.25, 0.3) is 5.56 Å². The fourth-order valence-corrected chi connectivity index (χ4v) is 5.76. The Hall–Kier alpha value is -1.71. The smallest absolute Gasteiger partial charge is 0.259 e. The second-order valence-electron chi connectivity index (χ2n) is 6.24. The van der Waals surface area contributed by atoms with Gasteiger partial charge in [-0.15, -0.1) is 34.4 Å². The molecule has 0 atom stereocenters. The first-order chi connectivity index (χ1) is 12.6. The van der Waals surface area contributed by atoms with Gasteiger partial charge in [-0.05, 0) is 38.2 Å². The van der Waals surface area contributed by atoms with Crippen molar-refractivity contribution in [1.82, 2.24) is 15.0 Å². The summed E-state index contributed by atoms with van der Waals surface area (Å²) < 4.78 is 0. The van der Waals surface area contributed by atoms with Gasteiger partial charge in [0, 0.05) is 10.3 Å². The molecule has 2 N–H and O–H groups in total. The van der Waals surface area contributed by atoms with E-state index in [1.165, 1.54) is 40.0 Å². The van der Waals surface area contributed by atoms with Crippen LogP contribution in [0.5, 0.6) is 0 Å². The maximum atomic E-state index is 12.5. The number of thioether (sulfide) groups is 1. The fraction of sp³-hybridized carbons (Fsp3) is 0.412. The molecule has 1 aliphatic carbocycles.